The van der Waals surface area contributed by atoms with Crippen LogP contribution in [-0.2, 0) is 9.59 Å². The molecule has 2 rings (SSSR count). The lowest BCUT2D eigenvalue weighted by atomic mass is 9.78. The van der Waals surface area contributed by atoms with E-state index in [4.69, 9.17) is 0 Å². The van der Waals surface area contributed by atoms with Crippen molar-refractivity contribution >= 4 is 39.4 Å². The number of para-hydroxylation sites is 1. The van der Waals surface area contributed by atoms with Crippen LogP contribution in [0.5, 0.6) is 0 Å². The summed E-state index contributed by atoms with van der Waals surface area (Å²) in [6, 6.07) is 19.8. The molecule has 29 heavy (non-hydrogen) atoms. The lowest BCUT2D eigenvalue weighted by Gasteiger charge is -2.34. The molecule has 0 fully saturated rings. The minimum Gasteiger partial charge on any atom is -0.377 e. The Morgan fingerprint density at radius 2 is 1.34 bits per heavy atom. The maximum atomic E-state index is 13.3. The van der Waals surface area contributed by atoms with Gasteiger partial charge < -0.3 is 5.32 Å². The Hall–Kier alpha value is -1.72. The molecule has 2 aromatic rings. The number of hydrogen-bond acceptors (Lipinski definition) is 5. The molecular weight excluding hydrogens is 398 g/mol. The zero-order chi connectivity index (χ0) is 21.2. The molecule has 0 aliphatic carbocycles. The molecule has 0 aromatic heterocycles. The van der Waals surface area contributed by atoms with Crippen molar-refractivity contribution in [2.45, 2.75) is 33.7 Å². The minimum absolute atomic E-state index is 0.0884. The van der Waals surface area contributed by atoms with E-state index in [2.05, 4.69) is 17.4 Å². The fraction of sp³-hybridized carbons (Fsp3) is 0.417. The van der Waals surface area contributed by atoms with Gasteiger partial charge in [-0.05, 0) is 35.1 Å². The van der Waals surface area contributed by atoms with E-state index in [-0.39, 0.29) is 34.0 Å². The van der Waals surface area contributed by atoms with E-state index in [0.717, 1.165) is 22.8 Å². The molecule has 0 amide bonds. The first kappa shape index (κ1) is 23.6. The van der Waals surface area contributed by atoms with Gasteiger partial charge in [0.25, 0.3) is 0 Å². The SMILES string of the molecule is CCSC(=O)[C@@H]([C@@H](C)[C@@H](C)C(=O)SCC)[C@H](Nc1ccccc1)c1ccccc1. The summed E-state index contributed by atoms with van der Waals surface area (Å²) in [6.45, 7) is 7.98. The molecule has 0 unspecified atom stereocenters. The lowest BCUT2D eigenvalue weighted by molar-refractivity contribution is -0.119. The monoisotopic (exact) mass is 429 g/mol. The molecule has 0 aliphatic rings. The predicted molar refractivity (Wildman–Crippen MR) is 127 cm³/mol. The Bertz CT molecular complexity index is 767. The molecule has 0 spiro atoms. The number of carbonyl (C=O) groups excluding carboxylic acids is 2. The second-order valence-electron chi connectivity index (χ2n) is 7.08. The minimum atomic E-state index is -0.320. The first-order valence-corrected chi connectivity index (χ1v) is 12.2. The van der Waals surface area contributed by atoms with Gasteiger partial charge in [0.15, 0.2) is 10.2 Å². The Morgan fingerprint density at radius 3 is 1.90 bits per heavy atom. The molecule has 0 aliphatic heterocycles. The average Bonchev–Trinajstić information content (AvgIpc) is 2.74. The quantitative estimate of drug-likeness (QED) is 0.481. The highest BCUT2D eigenvalue weighted by Gasteiger charge is 2.38. The van der Waals surface area contributed by atoms with Gasteiger partial charge in [-0.2, -0.15) is 0 Å². The molecule has 5 heteroatoms. The Labute approximate surface area is 183 Å². The highest BCUT2D eigenvalue weighted by Crippen LogP contribution is 2.39. The standard InChI is InChI=1S/C24H31NO2S2/c1-5-28-23(26)18(4)17(3)21(24(27)29-6-2)22(19-13-9-7-10-14-19)25-20-15-11-8-12-16-20/h7-18,21-22,25H,5-6H2,1-4H3/t17-,18+,21-,22+/m0/s1. The summed E-state index contributed by atoms with van der Waals surface area (Å²) in [5.74, 6) is 0.868. The van der Waals surface area contributed by atoms with Crippen LogP contribution in [0.4, 0.5) is 5.69 Å². The van der Waals surface area contributed by atoms with Crippen molar-refractivity contribution in [1.29, 1.82) is 0 Å². The summed E-state index contributed by atoms with van der Waals surface area (Å²) in [6.07, 6.45) is 0. The van der Waals surface area contributed by atoms with Crippen LogP contribution in [0.1, 0.15) is 39.3 Å². The van der Waals surface area contributed by atoms with Crippen LogP contribution in [0, 0.1) is 17.8 Å². The van der Waals surface area contributed by atoms with Crippen molar-refractivity contribution in [2.75, 3.05) is 16.8 Å². The summed E-state index contributed by atoms with van der Waals surface area (Å²) in [7, 11) is 0. The number of carbonyl (C=O) groups is 2. The molecule has 0 radical (unpaired) electrons. The highest BCUT2D eigenvalue weighted by atomic mass is 32.2. The van der Waals surface area contributed by atoms with Crippen LogP contribution >= 0.6 is 23.5 Å². The average molecular weight is 430 g/mol. The number of thioether (sulfide) groups is 2. The molecule has 3 nitrogen and oxygen atoms in total. The topological polar surface area (TPSA) is 46.2 Å². The smallest absolute Gasteiger partial charge is 0.194 e. The van der Waals surface area contributed by atoms with Gasteiger partial charge in [0.05, 0.1) is 12.0 Å². The van der Waals surface area contributed by atoms with Gasteiger partial charge in [0.2, 0.25) is 0 Å². The molecule has 0 saturated carbocycles. The first-order chi connectivity index (χ1) is 14.0. The molecule has 0 heterocycles. The zero-order valence-corrected chi connectivity index (χ0v) is 19.3. The van der Waals surface area contributed by atoms with Crippen molar-refractivity contribution < 1.29 is 9.59 Å². The van der Waals surface area contributed by atoms with E-state index in [1.54, 1.807) is 0 Å². The molecular formula is C24H31NO2S2. The summed E-state index contributed by atoms with van der Waals surface area (Å²) >= 11 is 2.69. The second-order valence-corrected chi connectivity index (χ2v) is 9.61. The normalized spacial score (nSPS) is 15.2. The summed E-state index contributed by atoms with van der Waals surface area (Å²) in [5.41, 5.74) is 2.02. The Morgan fingerprint density at radius 1 is 0.828 bits per heavy atom. The third kappa shape index (κ3) is 6.65. The zero-order valence-electron chi connectivity index (χ0n) is 17.6. The molecule has 0 saturated heterocycles. The van der Waals surface area contributed by atoms with Gasteiger partial charge in [-0.3, -0.25) is 9.59 Å². The number of hydrogen-bond donors (Lipinski definition) is 1. The molecule has 156 valence electrons. The predicted octanol–water partition coefficient (Wildman–Crippen LogP) is 6.29. The van der Waals surface area contributed by atoms with E-state index in [9.17, 15) is 9.59 Å². The van der Waals surface area contributed by atoms with Crippen LogP contribution in [0.15, 0.2) is 60.7 Å². The molecule has 0 bridgehead atoms. The van der Waals surface area contributed by atoms with Gasteiger partial charge in [0, 0.05) is 11.6 Å². The van der Waals surface area contributed by atoms with Gasteiger partial charge in [-0.1, -0.05) is 99.7 Å². The Kier molecular flexibility index (Phi) is 9.82. The van der Waals surface area contributed by atoms with Crippen LogP contribution in [0.2, 0.25) is 0 Å². The summed E-state index contributed by atoms with van der Waals surface area (Å²) < 4.78 is 0. The largest absolute Gasteiger partial charge is 0.377 e. The van der Waals surface area contributed by atoms with Gasteiger partial charge in [-0.15, -0.1) is 0 Å². The van der Waals surface area contributed by atoms with Crippen molar-refractivity contribution in [2.24, 2.45) is 17.8 Å². The first-order valence-electron chi connectivity index (χ1n) is 10.2. The molecule has 2 aromatic carbocycles. The van der Waals surface area contributed by atoms with Crippen molar-refractivity contribution in [3.63, 3.8) is 0 Å². The number of nitrogens with one attached hydrogen (secondary N) is 1. The van der Waals surface area contributed by atoms with Crippen molar-refractivity contribution in [3.8, 4) is 0 Å². The van der Waals surface area contributed by atoms with Crippen molar-refractivity contribution in [1.82, 2.24) is 0 Å². The number of benzene rings is 2. The highest BCUT2D eigenvalue weighted by molar-refractivity contribution is 8.13. The number of rotatable bonds is 10. The molecule has 4 atom stereocenters. The maximum Gasteiger partial charge on any atom is 0.194 e. The van der Waals surface area contributed by atoms with E-state index in [0.29, 0.717) is 0 Å². The lowest BCUT2D eigenvalue weighted by Crippen LogP contribution is -2.36. The summed E-state index contributed by atoms with van der Waals surface area (Å²) in [5, 5.41) is 3.88. The number of anilines is 1. The fourth-order valence-corrected chi connectivity index (χ4v) is 5.04. The van der Waals surface area contributed by atoms with Crippen LogP contribution in [-0.4, -0.2) is 21.7 Å². The third-order valence-electron chi connectivity index (χ3n) is 5.19. The van der Waals surface area contributed by atoms with Crippen LogP contribution in [0.25, 0.3) is 0 Å². The Balaban J connectivity index is 2.45. The fourth-order valence-electron chi connectivity index (χ4n) is 3.45. The maximum absolute atomic E-state index is 13.3. The van der Waals surface area contributed by atoms with E-state index >= 15 is 0 Å². The van der Waals surface area contributed by atoms with Gasteiger partial charge in [0.1, 0.15) is 0 Å². The summed E-state index contributed by atoms with van der Waals surface area (Å²) in [4.78, 5) is 25.9. The van der Waals surface area contributed by atoms with E-state index in [1.807, 2.05) is 76.2 Å². The third-order valence-corrected chi connectivity index (χ3v) is 6.98. The van der Waals surface area contributed by atoms with Crippen LogP contribution in [0.3, 0.4) is 0 Å². The second kappa shape index (κ2) is 12.1. The van der Waals surface area contributed by atoms with E-state index in [1.165, 1.54) is 23.5 Å². The van der Waals surface area contributed by atoms with Crippen molar-refractivity contribution in [3.05, 3.63) is 66.2 Å². The van der Waals surface area contributed by atoms with E-state index < -0.39 is 0 Å². The van der Waals surface area contributed by atoms with Gasteiger partial charge in [-0.25, -0.2) is 0 Å². The van der Waals surface area contributed by atoms with Gasteiger partial charge >= 0.3 is 0 Å². The molecule has 1 N–H and O–H groups in total. The van der Waals surface area contributed by atoms with Crippen LogP contribution < -0.4 is 5.32 Å².